The third-order valence-corrected chi connectivity index (χ3v) is 5.63. The molecule has 2 heterocycles. The van der Waals surface area contributed by atoms with E-state index in [1.54, 1.807) is 0 Å². The van der Waals surface area contributed by atoms with Crippen molar-refractivity contribution in [1.29, 1.82) is 0 Å². The number of allylic oxidation sites excluding steroid dienone is 1. The van der Waals surface area contributed by atoms with E-state index in [-0.39, 0.29) is 24.3 Å². The Morgan fingerprint density at radius 3 is 2.54 bits per heavy atom. The highest BCUT2D eigenvalue weighted by Gasteiger charge is 2.33. The molecule has 6 heteroatoms. The van der Waals surface area contributed by atoms with Crippen LogP contribution in [0.25, 0.3) is 0 Å². The van der Waals surface area contributed by atoms with E-state index in [1.807, 2.05) is 4.90 Å². The Bertz CT molecular complexity index is 734. The van der Waals surface area contributed by atoms with Gasteiger partial charge in [0.15, 0.2) is 0 Å². The van der Waals surface area contributed by atoms with Gasteiger partial charge in [-0.1, -0.05) is 29.8 Å². The summed E-state index contributed by atoms with van der Waals surface area (Å²) in [4.78, 5) is 31.7. The number of amides is 2. The van der Waals surface area contributed by atoms with Gasteiger partial charge in [0.2, 0.25) is 11.8 Å². The molecule has 152 valence electrons. The van der Waals surface area contributed by atoms with Gasteiger partial charge in [-0.25, -0.2) is 0 Å². The first-order valence-electron chi connectivity index (χ1n) is 10.2. The van der Waals surface area contributed by atoms with Crippen LogP contribution in [0, 0.1) is 6.92 Å². The number of anilines is 1. The maximum absolute atomic E-state index is 12.9. The zero-order valence-corrected chi connectivity index (χ0v) is 17.3. The number of para-hydroxylation sites is 1. The van der Waals surface area contributed by atoms with E-state index in [9.17, 15) is 9.59 Å². The van der Waals surface area contributed by atoms with Crippen LogP contribution in [0.1, 0.15) is 25.8 Å². The molecule has 2 aliphatic heterocycles. The number of nitrogens with zero attached hydrogens (tertiary/aromatic N) is 3. The summed E-state index contributed by atoms with van der Waals surface area (Å²) in [6, 6.07) is 8.00. The number of hydrogen-bond acceptors (Lipinski definition) is 4. The van der Waals surface area contributed by atoms with Crippen LogP contribution < -0.4 is 10.2 Å². The number of hydrogen-bond donors (Lipinski definition) is 1. The fourth-order valence-corrected chi connectivity index (χ4v) is 3.91. The average molecular weight is 385 g/mol. The lowest BCUT2D eigenvalue weighted by atomic mass is 10.1. The maximum atomic E-state index is 12.9. The Kier molecular flexibility index (Phi) is 6.73. The van der Waals surface area contributed by atoms with Gasteiger partial charge in [-0.2, -0.15) is 0 Å². The third-order valence-electron chi connectivity index (χ3n) is 5.63. The predicted octanol–water partition coefficient (Wildman–Crippen LogP) is 1.80. The van der Waals surface area contributed by atoms with Gasteiger partial charge in [0.05, 0.1) is 12.5 Å². The molecule has 0 spiro atoms. The molecule has 28 heavy (non-hydrogen) atoms. The van der Waals surface area contributed by atoms with Gasteiger partial charge < -0.3 is 15.1 Å². The summed E-state index contributed by atoms with van der Waals surface area (Å²) >= 11 is 0. The van der Waals surface area contributed by atoms with Crippen molar-refractivity contribution in [3.05, 3.63) is 41.5 Å². The van der Waals surface area contributed by atoms with Crippen molar-refractivity contribution in [3.8, 4) is 0 Å². The number of aryl methyl sites for hydroxylation is 1. The largest absolute Gasteiger partial charge is 0.368 e. The fourth-order valence-electron chi connectivity index (χ4n) is 3.91. The minimum absolute atomic E-state index is 0.0275. The lowest BCUT2D eigenvalue weighted by Crippen LogP contribution is -2.57. The molecule has 0 aliphatic carbocycles. The van der Waals surface area contributed by atoms with Crippen LogP contribution in [0.15, 0.2) is 35.9 Å². The fraction of sp³-hybridized carbons (Fsp3) is 0.545. The van der Waals surface area contributed by atoms with Crippen LogP contribution in [-0.4, -0.2) is 73.5 Å². The molecule has 3 rings (SSSR count). The molecule has 1 N–H and O–H groups in total. The first kappa shape index (κ1) is 20.4. The number of nitrogens with one attached hydrogen (secondary N) is 1. The van der Waals surface area contributed by atoms with Crippen molar-refractivity contribution in [1.82, 2.24) is 15.1 Å². The SMILES string of the molecule is CC(C)=CCN1CCNC(=O)[C@@H]1CC(=O)N1CCN(c2ccccc2C)CC1. The summed E-state index contributed by atoms with van der Waals surface area (Å²) in [5, 5.41) is 2.91. The molecule has 0 aromatic heterocycles. The van der Waals surface area contributed by atoms with Crippen LogP contribution in [-0.2, 0) is 9.59 Å². The highest BCUT2D eigenvalue weighted by Crippen LogP contribution is 2.21. The Morgan fingerprint density at radius 2 is 1.86 bits per heavy atom. The zero-order valence-electron chi connectivity index (χ0n) is 17.3. The quantitative estimate of drug-likeness (QED) is 0.787. The highest BCUT2D eigenvalue weighted by molar-refractivity contribution is 5.89. The summed E-state index contributed by atoms with van der Waals surface area (Å²) in [6.45, 7) is 11.4. The van der Waals surface area contributed by atoms with Crippen molar-refractivity contribution in [3.63, 3.8) is 0 Å². The van der Waals surface area contributed by atoms with Crippen LogP contribution >= 0.6 is 0 Å². The number of carbonyl (C=O) groups excluding carboxylic acids is 2. The second kappa shape index (κ2) is 9.24. The van der Waals surface area contributed by atoms with Crippen molar-refractivity contribution in [2.24, 2.45) is 0 Å². The molecule has 1 aromatic rings. The first-order valence-corrected chi connectivity index (χ1v) is 10.2. The summed E-state index contributed by atoms with van der Waals surface area (Å²) < 4.78 is 0. The van der Waals surface area contributed by atoms with Crippen LogP contribution in [0.2, 0.25) is 0 Å². The number of piperazine rings is 2. The van der Waals surface area contributed by atoms with Crippen LogP contribution in [0.5, 0.6) is 0 Å². The van der Waals surface area contributed by atoms with Gasteiger partial charge >= 0.3 is 0 Å². The molecule has 0 radical (unpaired) electrons. The van der Waals surface area contributed by atoms with Crippen LogP contribution in [0.3, 0.4) is 0 Å². The Morgan fingerprint density at radius 1 is 1.14 bits per heavy atom. The van der Waals surface area contributed by atoms with Crippen molar-refractivity contribution in [2.45, 2.75) is 33.2 Å². The molecule has 1 atom stereocenters. The maximum Gasteiger partial charge on any atom is 0.237 e. The van der Waals surface area contributed by atoms with E-state index >= 15 is 0 Å². The van der Waals surface area contributed by atoms with Crippen LogP contribution in [0.4, 0.5) is 5.69 Å². The average Bonchev–Trinajstić information content (AvgIpc) is 2.69. The molecular formula is C22H32N4O2. The lowest BCUT2D eigenvalue weighted by molar-refractivity contribution is -0.138. The summed E-state index contributed by atoms with van der Waals surface area (Å²) in [7, 11) is 0. The zero-order chi connectivity index (χ0) is 20.1. The van der Waals surface area contributed by atoms with Crippen molar-refractivity contribution >= 4 is 17.5 Å². The highest BCUT2D eigenvalue weighted by atomic mass is 16.2. The van der Waals surface area contributed by atoms with E-state index in [2.05, 4.69) is 66.2 Å². The van der Waals surface area contributed by atoms with Gasteiger partial charge in [-0.05, 0) is 32.4 Å². The first-order chi connectivity index (χ1) is 13.5. The van der Waals surface area contributed by atoms with Crippen molar-refractivity contribution < 1.29 is 9.59 Å². The molecule has 2 fully saturated rings. The Hall–Kier alpha value is -2.34. The van der Waals surface area contributed by atoms with E-state index in [0.29, 0.717) is 19.6 Å². The van der Waals surface area contributed by atoms with E-state index in [1.165, 1.54) is 16.8 Å². The normalized spacial score (nSPS) is 20.7. The molecule has 0 bridgehead atoms. The smallest absolute Gasteiger partial charge is 0.237 e. The summed E-state index contributed by atoms with van der Waals surface area (Å²) in [6.07, 6.45) is 2.38. The van der Waals surface area contributed by atoms with E-state index in [0.717, 1.165) is 26.2 Å². The second-order valence-electron chi connectivity index (χ2n) is 7.94. The summed E-state index contributed by atoms with van der Waals surface area (Å²) in [5.74, 6) is 0.0500. The molecule has 2 aliphatic rings. The number of benzene rings is 1. The number of carbonyl (C=O) groups is 2. The van der Waals surface area contributed by atoms with Gasteiger partial charge in [-0.3, -0.25) is 14.5 Å². The molecule has 1 aromatic carbocycles. The van der Waals surface area contributed by atoms with Crippen molar-refractivity contribution in [2.75, 3.05) is 50.7 Å². The molecule has 0 unspecified atom stereocenters. The number of rotatable bonds is 5. The van der Waals surface area contributed by atoms with Gasteiger partial charge in [-0.15, -0.1) is 0 Å². The van der Waals surface area contributed by atoms with Gasteiger partial charge in [0, 0.05) is 51.5 Å². The molecule has 2 saturated heterocycles. The molecular weight excluding hydrogens is 352 g/mol. The second-order valence-corrected chi connectivity index (χ2v) is 7.94. The Labute approximate surface area is 168 Å². The minimum atomic E-state index is -0.369. The predicted molar refractivity (Wildman–Crippen MR) is 112 cm³/mol. The minimum Gasteiger partial charge on any atom is -0.368 e. The Balaban J connectivity index is 1.57. The topological polar surface area (TPSA) is 55.9 Å². The van der Waals surface area contributed by atoms with Gasteiger partial charge in [0.1, 0.15) is 0 Å². The monoisotopic (exact) mass is 384 g/mol. The lowest BCUT2D eigenvalue weighted by Gasteiger charge is -2.39. The van der Waals surface area contributed by atoms with Gasteiger partial charge in [0.25, 0.3) is 0 Å². The van der Waals surface area contributed by atoms with E-state index < -0.39 is 0 Å². The standard InChI is InChI=1S/C22H32N4O2/c1-17(2)8-10-24-11-9-23-22(28)20(24)16-21(27)26-14-12-25(13-15-26)19-7-5-4-6-18(19)3/h4-8,20H,9-16H2,1-3H3,(H,23,28)/t20-/m0/s1. The third kappa shape index (κ3) is 4.93. The molecule has 0 saturated carbocycles. The molecule has 2 amide bonds. The van der Waals surface area contributed by atoms with E-state index in [4.69, 9.17) is 0 Å². The molecule has 6 nitrogen and oxygen atoms in total. The summed E-state index contributed by atoms with van der Waals surface area (Å²) in [5.41, 5.74) is 3.73.